The summed E-state index contributed by atoms with van der Waals surface area (Å²) in [6.07, 6.45) is 0. The molecular formula is C14H22N4O3. The Labute approximate surface area is 124 Å². The number of nitrogens with zero attached hydrogens (tertiary/aromatic N) is 3. The first-order chi connectivity index (χ1) is 9.76. The van der Waals surface area contributed by atoms with Crippen molar-refractivity contribution >= 4 is 11.9 Å². The van der Waals surface area contributed by atoms with Crippen LogP contribution in [0.1, 0.15) is 37.0 Å². The molecule has 1 saturated heterocycles. The van der Waals surface area contributed by atoms with Crippen molar-refractivity contribution in [3.8, 4) is 0 Å². The maximum absolute atomic E-state index is 12.2. The Bertz CT molecular complexity index is 525. The third-order valence-electron chi connectivity index (χ3n) is 3.18. The summed E-state index contributed by atoms with van der Waals surface area (Å²) in [5, 5.41) is 6.66. The Morgan fingerprint density at radius 3 is 2.24 bits per heavy atom. The van der Waals surface area contributed by atoms with Gasteiger partial charge in [0, 0.05) is 37.8 Å². The van der Waals surface area contributed by atoms with Crippen LogP contribution in [0.25, 0.3) is 0 Å². The van der Waals surface area contributed by atoms with Gasteiger partial charge in [0.1, 0.15) is 5.76 Å². The number of carbonyl (C=O) groups excluding carboxylic acids is 2. The molecule has 1 aromatic heterocycles. The number of carbonyl (C=O) groups is 2. The van der Waals surface area contributed by atoms with Crippen molar-refractivity contribution in [2.45, 2.75) is 33.2 Å². The molecule has 0 bridgehead atoms. The van der Waals surface area contributed by atoms with Crippen molar-refractivity contribution in [1.29, 1.82) is 0 Å². The van der Waals surface area contributed by atoms with Gasteiger partial charge in [0.05, 0.1) is 0 Å². The second-order valence-electron chi connectivity index (χ2n) is 6.28. The Morgan fingerprint density at radius 1 is 1.19 bits per heavy atom. The van der Waals surface area contributed by atoms with Gasteiger partial charge in [0.25, 0.3) is 5.91 Å². The molecule has 1 aliphatic heterocycles. The SMILES string of the molecule is Cc1cc(C(=O)N2CCN(C(=O)NC(C)(C)C)CC2)no1. The Kier molecular flexibility index (Phi) is 4.20. The van der Waals surface area contributed by atoms with Crippen LogP contribution in [0.5, 0.6) is 0 Å². The van der Waals surface area contributed by atoms with E-state index in [2.05, 4.69) is 10.5 Å². The lowest BCUT2D eigenvalue weighted by molar-refractivity contribution is 0.0651. The van der Waals surface area contributed by atoms with Crippen LogP contribution in [-0.2, 0) is 0 Å². The normalized spacial score (nSPS) is 16.0. The van der Waals surface area contributed by atoms with E-state index >= 15 is 0 Å². The lowest BCUT2D eigenvalue weighted by Gasteiger charge is -2.36. The molecule has 7 nitrogen and oxygen atoms in total. The van der Waals surface area contributed by atoms with E-state index in [1.807, 2.05) is 20.8 Å². The molecule has 0 aromatic carbocycles. The molecule has 0 saturated carbocycles. The topological polar surface area (TPSA) is 78.7 Å². The van der Waals surface area contributed by atoms with Crippen LogP contribution in [0.2, 0.25) is 0 Å². The predicted octanol–water partition coefficient (Wildman–Crippen LogP) is 1.25. The highest BCUT2D eigenvalue weighted by molar-refractivity contribution is 5.92. The summed E-state index contributed by atoms with van der Waals surface area (Å²) >= 11 is 0. The quantitative estimate of drug-likeness (QED) is 0.845. The summed E-state index contributed by atoms with van der Waals surface area (Å²) in [7, 11) is 0. The molecule has 1 N–H and O–H groups in total. The fourth-order valence-electron chi connectivity index (χ4n) is 2.14. The van der Waals surface area contributed by atoms with Gasteiger partial charge in [-0.1, -0.05) is 5.16 Å². The number of amides is 3. The van der Waals surface area contributed by atoms with Crippen LogP contribution in [0.15, 0.2) is 10.6 Å². The minimum atomic E-state index is -0.262. The molecule has 1 aliphatic rings. The number of urea groups is 1. The van der Waals surface area contributed by atoms with Gasteiger partial charge in [0.2, 0.25) is 0 Å². The lowest BCUT2D eigenvalue weighted by Crippen LogP contribution is -2.56. The van der Waals surface area contributed by atoms with Gasteiger partial charge < -0.3 is 19.6 Å². The molecule has 116 valence electrons. The van der Waals surface area contributed by atoms with Gasteiger partial charge in [-0.2, -0.15) is 0 Å². The molecule has 7 heteroatoms. The lowest BCUT2D eigenvalue weighted by atomic mass is 10.1. The molecule has 2 heterocycles. The zero-order valence-corrected chi connectivity index (χ0v) is 13.0. The van der Waals surface area contributed by atoms with E-state index < -0.39 is 0 Å². The highest BCUT2D eigenvalue weighted by Crippen LogP contribution is 2.10. The third kappa shape index (κ3) is 3.96. The standard InChI is InChI=1S/C14H22N4O3/c1-10-9-11(16-21-10)12(19)17-5-7-18(8-6-17)13(20)15-14(2,3)4/h9H,5-8H2,1-4H3,(H,15,20). The van der Waals surface area contributed by atoms with Crippen LogP contribution < -0.4 is 5.32 Å². The molecule has 0 spiro atoms. The summed E-state index contributed by atoms with van der Waals surface area (Å²) < 4.78 is 4.92. The number of aromatic nitrogens is 1. The zero-order valence-electron chi connectivity index (χ0n) is 13.0. The van der Waals surface area contributed by atoms with Gasteiger partial charge in [0.15, 0.2) is 5.69 Å². The maximum Gasteiger partial charge on any atom is 0.317 e. The van der Waals surface area contributed by atoms with E-state index in [4.69, 9.17) is 4.52 Å². The van der Waals surface area contributed by atoms with Crippen LogP contribution in [0.4, 0.5) is 4.79 Å². The monoisotopic (exact) mass is 294 g/mol. The molecule has 1 fully saturated rings. The van der Waals surface area contributed by atoms with Crippen molar-refractivity contribution in [3.05, 3.63) is 17.5 Å². The van der Waals surface area contributed by atoms with Gasteiger partial charge in [-0.05, 0) is 27.7 Å². The molecule has 21 heavy (non-hydrogen) atoms. The van der Waals surface area contributed by atoms with E-state index in [-0.39, 0.29) is 17.5 Å². The first kappa shape index (κ1) is 15.3. The van der Waals surface area contributed by atoms with Crippen LogP contribution in [0.3, 0.4) is 0 Å². The highest BCUT2D eigenvalue weighted by Gasteiger charge is 2.27. The van der Waals surface area contributed by atoms with Crippen molar-refractivity contribution < 1.29 is 14.1 Å². The molecule has 0 radical (unpaired) electrons. The summed E-state index contributed by atoms with van der Waals surface area (Å²) in [5.41, 5.74) is 0.0579. The van der Waals surface area contributed by atoms with E-state index in [9.17, 15) is 9.59 Å². The third-order valence-corrected chi connectivity index (χ3v) is 3.18. The zero-order chi connectivity index (χ0) is 15.6. The van der Waals surface area contributed by atoms with Crippen molar-refractivity contribution in [2.24, 2.45) is 0 Å². The number of hydrogen-bond acceptors (Lipinski definition) is 4. The number of aryl methyl sites for hydroxylation is 1. The molecule has 3 amide bonds. The number of nitrogens with one attached hydrogen (secondary N) is 1. The Morgan fingerprint density at radius 2 is 1.76 bits per heavy atom. The van der Waals surface area contributed by atoms with Gasteiger partial charge in [-0.25, -0.2) is 4.79 Å². The second-order valence-corrected chi connectivity index (χ2v) is 6.28. The molecular weight excluding hydrogens is 272 g/mol. The minimum absolute atomic E-state index is 0.0909. The van der Waals surface area contributed by atoms with E-state index in [0.717, 1.165) is 0 Å². The van der Waals surface area contributed by atoms with E-state index in [0.29, 0.717) is 37.6 Å². The maximum atomic E-state index is 12.2. The number of piperazine rings is 1. The van der Waals surface area contributed by atoms with Gasteiger partial charge >= 0.3 is 6.03 Å². The summed E-state index contributed by atoms with van der Waals surface area (Å²) in [4.78, 5) is 27.7. The fraction of sp³-hybridized carbons (Fsp3) is 0.643. The van der Waals surface area contributed by atoms with Gasteiger partial charge in [-0.3, -0.25) is 4.79 Å². The van der Waals surface area contributed by atoms with Crippen molar-refractivity contribution in [3.63, 3.8) is 0 Å². The van der Waals surface area contributed by atoms with E-state index in [1.54, 1.807) is 22.8 Å². The molecule has 0 aliphatic carbocycles. The predicted molar refractivity (Wildman–Crippen MR) is 77.0 cm³/mol. The minimum Gasteiger partial charge on any atom is -0.361 e. The smallest absolute Gasteiger partial charge is 0.317 e. The molecule has 0 atom stereocenters. The number of rotatable bonds is 1. The van der Waals surface area contributed by atoms with Gasteiger partial charge in [-0.15, -0.1) is 0 Å². The average Bonchev–Trinajstić information content (AvgIpc) is 2.83. The first-order valence-electron chi connectivity index (χ1n) is 7.06. The summed E-state index contributed by atoms with van der Waals surface area (Å²) in [6, 6.07) is 1.54. The van der Waals surface area contributed by atoms with E-state index in [1.165, 1.54) is 0 Å². The first-order valence-corrected chi connectivity index (χ1v) is 7.06. The summed E-state index contributed by atoms with van der Waals surface area (Å²) in [6.45, 7) is 9.62. The Balaban J connectivity index is 1.88. The van der Waals surface area contributed by atoms with Crippen molar-refractivity contribution in [2.75, 3.05) is 26.2 Å². The molecule has 2 rings (SSSR count). The Hall–Kier alpha value is -2.05. The summed E-state index contributed by atoms with van der Waals surface area (Å²) in [5.74, 6) is 0.462. The largest absolute Gasteiger partial charge is 0.361 e. The van der Waals surface area contributed by atoms with Crippen molar-refractivity contribution in [1.82, 2.24) is 20.3 Å². The molecule has 1 aromatic rings. The fourth-order valence-corrected chi connectivity index (χ4v) is 2.14. The highest BCUT2D eigenvalue weighted by atomic mass is 16.5. The number of hydrogen-bond donors (Lipinski definition) is 1. The molecule has 0 unspecified atom stereocenters. The average molecular weight is 294 g/mol. The second kappa shape index (κ2) is 5.75. The van der Waals surface area contributed by atoms with Crippen LogP contribution >= 0.6 is 0 Å². The van der Waals surface area contributed by atoms with Crippen LogP contribution in [-0.4, -0.2) is 58.6 Å². The van der Waals surface area contributed by atoms with Crippen LogP contribution in [0, 0.1) is 6.92 Å².